The van der Waals surface area contributed by atoms with Crippen molar-refractivity contribution in [2.75, 3.05) is 19.6 Å². The Morgan fingerprint density at radius 1 is 1.44 bits per heavy atom. The molecule has 0 amide bonds. The minimum absolute atomic E-state index is 0.639. The van der Waals surface area contributed by atoms with E-state index in [1.807, 2.05) is 4.68 Å². The third-order valence-electron chi connectivity index (χ3n) is 3.49. The third-order valence-corrected chi connectivity index (χ3v) is 3.49. The molecular formula is C12H24N6. The van der Waals surface area contributed by atoms with Gasteiger partial charge in [0.15, 0.2) is 5.82 Å². The minimum atomic E-state index is 0.639. The van der Waals surface area contributed by atoms with Crippen LogP contribution in [0.2, 0.25) is 0 Å². The summed E-state index contributed by atoms with van der Waals surface area (Å²) >= 11 is 0. The maximum atomic E-state index is 4.14. The highest BCUT2D eigenvalue weighted by Gasteiger charge is 2.18. The summed E-state index contributed by atoms with van der Waals surface area (Å²) in [5.41, 5.74) is 0. The fourth-order valence-corrected chi connectivity index (χ4v) is 2.45. The Morgan fingerprint density at radius 3 is 3.00 bits per heavy atom. The molecule has 0 saturated carbocycles. The van der Waals surface area contributed by atoms with E-state index in [9.17, 15) is 0 Å². The zero-order valence-electron chi connectivity index (χ0n) is 11.5. The summed E-state index contributed by atoms with van der Waals surface area (Å²) in [7, 11) is 0. The van der Waals surface area contributed by atoms with Gasteiger partial charge in [-0.15, -0.1) is 5.10 Å². The molecule has 1 atom stereocenters. The topological polar surface area (TPSA) is 58.9 Å². The zero-order chi connectivity index (χ0) is 12.8. The lowest BCUT2D eigenvalue weighted by Gasteiger charge is -2.23. The Balaban J connectivity index is 1.89. The zero-order valence-corrected chi connectivity index (χ0v) is 11.5. The summed E-state index contributed by atoms with van der Waals surface area (Å²) in [6.07, 6.45) is 3.65. The van der Waals surface area contributed by atoms with E-state index < -0.39 is 0 Å². The average molecular weight is 252 g/mol. The summed E-state index contributed by atoms with van der Waals surface area (Å²) in [4.78, 5) is 2.42. The second kappa shape index (κ2) is 6.80. The molecule has 0 aliphatic carbocycles. The number of hydrogen-bond donors (Lipinski definition) is 1. The number of rotatable bonds is 7. The van der Waals surface area contributed by atoms with Crippen molar-refractivity contribution in [2.45, 2.75) is 52.2 Å². The lowest BCUT2D eigenvalue weighted by molar-refractivity contribution is 0.242. The van der Waals surface area contributed by atoms with Crippen LogP contribution in [0.1, 0.15) is 38.9 Å². The Bertz CT molecular complexity index is 344. The van der Waals surface area contributed by atoms with Crippen molar-refractivity contribution in [2.24, 2.45) is 0 Å². The van der Waals surface area contributed by atoms with E-state index in [-0.39, 0.29) is 0 Å². The van der Waals surface area contributed by atoms with Crippen molar-refractivity contribution < 1.29 is 0 Å². The van der Waals surface area contributed by atoms with Gasteiger partial charge in [-0.3, -0.25) is 4.90 Å². The van der Waals surface area contributed by atoms with Gasteiger partial charge in [-0.1, -0.05) is 13.8 Å². The summed E-state index contributed by atoms with van der Waals surface area (Å²) in [6.45, 7) is 9.39. The van der Waals surface area contributed by atoms with Crippen molar-refractivity contribution in [3.63, 3.8) is 0 Å². The number of tetrazole rings is 1. The first-order chi connectivity index (χ1) is 8.83. The lowest BCUT2D eigenvalue weighted by Crippen LogP contribution is -2.37. The minimum Gasteiger partial charge on any atom is -0.313 e. The number of nitrogens with zero attached hydrogens (tertiary/aromatic N) is 5. The van der Waals surface area contributed by atoms with Crippen LogP contribution in [0.15, 0.2) is 0 Å². The van der Waals surface area contributed by atoms with Gasteiger partial charge < -0.3 is 5.32 Å². The normalized spacial score (nSPS) is 19.8. The number of aromatic nitrogens is 4. The molecule has 0 bridgehead atoms. The first-order valence-electron chi connectivity index (χ1n) is 7.04. The summed E-state index contributed by atoms with van der Waals surface area (Å²) in [6, 6.07) is 0.639. The summed E-state index contributed by atoms with van der Waals surface area (Å²) in [5.74, 6) is 0.983. The van der Waals surface area contributed by atoms with Crippen molar-refractivity contribution in [3.8, 4) is 0 Å². The van der Waals surface area contributed by atoms with E-state index in [4.69, 9.17) is 0 Å². The van der Waals surface area contributed by atoms with E-state index in [0.717, 1.165) is 45.0 Å². The molecule has 1 saturated heterocycles. The largest absolute Gasteiger partial charge is 0.313 e. The summed E-state index contributed by atoms with van der Waals surface area (Å²) < 4.78 is 1.92. The summed E-state index contributed by atoms with van der Waals surface area (Å²) in [5, 5.41) is 15.5. The van der Waals surface area contributed by atoms with Crippen molar-refractivity contribution >= 4 is 0 Å². The Kier molecular flexibility index (Phi) is 5.07. The van der Waals surface area contributed by atoms with Crippen LogP contribution >= 0.6 is 0 Å². The molecule has 0 spiro atoms. The molecule has 1 unspecified atom stereocenters. The van der Waals surface area contributed by atoms with E-state index in [1.165, 1.54) is 12.8 Å². The number of likely N-dealkylation sites (N-methyl/N-ethyl adjacent to an activating group) is 1. The van der Waals surface area contributed by atoms with Crippen molar-refractivity contribution in [3.05, 3.63) is 5.82 Å². The molecule has 6 nitrogen and oxygen atoms in total. The molecule has 2 rings (SSSR count). The van der Waals surface area contributed by atoms with Crippen molar-refractivity contribution in [1.82, 2.24) is 30.4 Å². The SMILES string of the molecule is CCCn1nnnc1CN(CC)CC1CCCN1. The second-order valence-electron chi connectivity index (χ2n) is 4.94. The van der Waals surface area contributed by atoms with Gasteiger partial charge in [0.05, 0.1) is 6.54 Å². The molecule has 1 aromatic heterocycles. The van der Waals surface area contributed by atoms with Crippen LogP contribution < -0.4 is 5.32 Å². The van der Waals surface area contributed by atoms with Crippen LogP contribution in [0.25, 0.3) is 0 Å². The van der Waals surface area contributed by atoms with Gasteiger partial charge >= 0.3 is 0 Å². The molecule has 1 fully saturated rings. The quantitative estimate of drug-likeness (QED) is 0.772. The maximum absolute atomic E-state index is 4.14. The molecule has 1 N–H and O–H groups in total. The van der Waals surface area contributed by atoms with Crippen LogP contribution in [0, 0.1) is 0 Å². The first-order valence-corrected chi connectivity index (χ1v) is 7.04. The second-order valence-corrected chi connectivity index (χ2v) is 4.94. The molecule has 1 aliphatic rings. The van der Waals surface area contributed by atoms with E-state index in [0.29, 0.717) is 6.04 Å². The molecule has 0 aromatic carbocycles. The van der Waals surface area contributed by atoms with E-state index in [1.54, 1.807) is 0 Å². The molecule has 1 aliphatic heterocycles. The fraction of sp³-hybridized carbons (Fsp3) is 0.917. The van der Waals surface area contributed by atoms with E-state index >= 15 is 0 Å². The molecule has 6 heteroatoms. The lowest BCUT2D eigenvalue weighted by atomic mass is 10.2. The third kappa shape index (κ3) is 3.49. The number of hydrogen-bond acceptors (Lipinski definition) is 5. The van der Waals surface area contributed by atoms with Crippen LogP contribution in [0.5, 0.6) is 0 Å². The van der Waals surface area contributed by atoms with Gasteiger partial charge in [-0.25, -0.2) is 4.68 Å². The smallest absolute Gasteiger partial charge is 0.165 e. The van der Waals surface area contributed by atoms with Gasteiger partial charge in [0, 0.05) is 19.1 Å². The molecule has 0 radical (unpaired) electrons. The molecular weight excluding hydrogens is 228 g/mol. The predicted molar refractivity (Wildman–Crippen MR) is 70.1 cm³/mol. The Hall–Kier alpha value is -1.01. The maximum Gasteiger partial charge on any atom is 0.165 e. The van der Waals surface area contributed by atoms with Crippen molar-refractivity contribution in [1.29, 1.82) is 0 Å². The monoisotopic (exact) mass is 252 g/mol. The van der Waals surface area contributed by atoms with Crippen LogP contribution in [0.4, 0.5) is 0 Å². The van der Waals surface area contributed by atoms with Gasteiger partial charge in [-0.05, 0) is 42.8 Å². The van der Waals surface area contributed by atoms with Gasteiger partial charge in [-0.2, -0.15) is 0 Å². The fourth-order valence-electron chi connectivity index (χ4n) is 2.45. The number of aryl methyl sites for hydroxylation is 1. The first kappa shape index (κ1) is 13.4. The standard InChI is InChI=1S/C12H24N6/c1-3-8-18-12(14-15-16-18)10-17(4-2)9-11-6-5-7-13-11/h11,13H,3-10H2,1-2H3. The number of nitrogens with one attached hydrogen (secondary N) is 1. The van der Waals surface area contributed by atoms with Crippen LogP contribution in [-0.4, -0.2) is 50.8 Å². The highest BCUT2D eigenvalue weighted by Crippen LogP contribution is 2.09. The van der Waals surface area contributed by atoms with Crippen LogP contribution in [-0.2, 0) is 13.1 Å². The van der Waals surface area contributed by atoms with Crippen LogP contribution in [0.3, 0.4) is 0 Å². The Morgan fingerprint density at radius 2 is 2.33 bits per heavy atom. The average Bonchev–Trinajstić information content (AvgIpc) is 3.01. The van der Waals surface area contributed by atoms with Gasteiger partial charge in [0.25, 0.3) is 0 Å². The predicted octanol–water partition coefficient (Wildman–Crippen LogP) is 0.657. The van der Waals surface area contributed by atoms with Gasteiger partial charge in [0.2, 0.25) is 0 Å². The molecule has 2 heterocycles. The molecule has 102 valence electrons. The van der Waals surface area contributed by atoms with E-state index in [2.05, 4.69) is 39.6 Å². The highest BCUT2D eigenvalue weighted by molar-refractivity contribution is 4.84. The molecule has 1 aromatic rings. The molecule has 18 heavy (non-hydrogen) atoms. The highest BCUT2D eigenvalue weighted by atomic mass is 15.5. The Labute approximate surface area is 109 Å². The van der Waals surface area contributed by atoms with Gasteiger partial charge in [0.1, 0.15) is 0 Å².